The molecule has 3 rings (SSSR count). The summed E-state index contributed by atoms with van der Waals surface area (Å²) in [6.07, 6.45) is 0. The van der Waals surface area contributed by atoms with Gasteiger partial charge in [0.2, 0.25) is 15.9 Å². The molecule has 3 aromatic rings. The molecule has 160 valence electrons. The number of sulfonamides is 1. The lowest BCUT2D eigenvalue weighted by Crippen LogP contribution is -2.33. The smallest absolute Gasteiger partial charge is 0.246 e. The topological polar surface area (TPSA) is 123 Å². The number of hydrogen-bond acceptors (Lipinski definition) is 7. The van der Waals surface area contributed by atoms with E-state index in [1.54, 1.807) is 19.9 Å². The summed E-state index contributed by atoms with van der Waals surface area (Å²) >= 11 is 5.83. The number of aromatic nitrogens is 5. The highest BCUT2D eigenvalue weighted by Crippen LogP contribution is 2.35. The van der Waals surface area contributed by atoms with Crippen LogP contribution in [0.4, 0.5) is 4.39 Å². The van der Waals surface area contributed by atoms with Gasteiger partial charge in [-0.15, -0.1) is 10.2 Å². The van der Waals surface area contributed by atoms with Crippen LogP contribution in [0.15, 0.2) is 29.2 Å². The number of benzene rings is 1. The molecule has 2 heterocycles. The lowest BCUT2D eigenvalue weighted by Gasteiger charge is -2.25. The maximum atomic E-state index is 14.7. The predicted molar refractivity (Wildman–Crippen MR) is 107 cm³/mol. The first-order valence-corrected chi connectivity index (χ1v) is 10.7. The highest BCUT2D eigenvalue weighted by atomic mass is 35.5. The van der Waals surface area contributed by atoms with E-state index in [4.69, 9.17) is 16.3 Å². The minimum Gasteiger partial charge on any atom is -0.480 e. The van der Waals surface area contributed by atoms with E-state index in [1.165, 1.54) is 25.3 Å². The fourth-order valence-electron chi connectivity index (χ4n) is 3.20. The molecule has 0 spiro atoms. The number of rotatable bonds is 7. The van der Waals surface area contributed by atoms with Crippen LogP contribution in [0.25, 0.3) is 0 Å². The van der Waals surface area contributed by atoms with E-state index in [2.05, 4.69) is 30.3 Å². The Kier molecular flexibility index (Phi) is 6.34. The Morgan fingerprint density at radius 1 is 1.23 bits per heavy atom. The summed E-state index contributed by atoms with van der Waals surface area (Å²) in [6.45, 7) is 5.31. The molecule has 12 heteroatoms. The van der Waals surface area contributed by atoms with Gasteiger partial charge in [-0.1, -0.05) is 29.8 Å². The number of pyridine rings is 1. The molecule has 30 heavy (non-hydrogen) atoms. The average molecular weight is 455 g/mol. The van der Waals surface area contributed by atoms with Crippen molar-refractivity contribution in [2.75, 3.05) is 7.11 Å². The zero-order chi connectivity index (χ0) is 22.1. The molecule has 2 N–H and O–H groups in total. The van der Waals surface area contributed by atoms with Crippen LogP contribution in [0.2, 0.25) is 5.15 Å². The van der Waals surface area contributed by atoms with Crippen molar-refractivity contribution < 1.29 is 17.5 Å². The van der Waals surface area contributed by atoms with Crippen LogP contribution in [0, 0.1) is 19.7 Å². The highest BCUT2D eigenvalue weighted by Gasteiger charge is 2.34. The largest absolute Gasteiger partial charge is 0.480 e. The van der Waals surface area contributed by atoms with Crippen LogP contribution in [-0.4, -0.2) is 41.1 Å². The maximum Gasteiger partial charge on any atom is 0.246 e. The normalized spacial score (nSPS) is 13.8. The van der Waals surface area contributed by atoms with E-state index >= 15 is 0 Å². The van der Waals surface area contributed by atoms with E-state index < -0.39 is 27.8 Å². The van der Waals surface area contributed by atoms with Crippen molar-refractivity contribution >= 4 is 21.6 Å². The third-order valence-corrected chi connectivity index (χ3v) is 6.55. The average Bonchev–Trinajstić information content (AvgIpc) is 3.23. The van der Waals surface area contributed by atoms with Gasteiger partial charge in [0, 0.05) is 5.92 Å². The zero-order valence-corrected chi connectivity index (χ0v) is 18.2. The van der Waals surface area contributed by atoms with Gasteiger partial charge in [0.05, 0.1) is 13.2 Å². The molecule has 0 saturated carbocycles. The van der Waals surface area contributed by atoms with Crippen molar-refractivity contribution in [1.29, 1.82) is 0 Å². The summed E-state index contributed by atoms with van der Waals surface area (Å²) in [5, 5.41) is 13.7. The van der Waals surface area contributed by atoms with Crippen LogP contribution in [0.5, 0.6) is 5.88 Å². The molecular formula is C18H20ClFN6O3S. The first-order valence-electron chi connectivity index (χ1n) is 8.87. The van der Waals surface area contributed by atoms with Gasteiger partial charge in [-0.3, -0.25) is 0 Å². The molecule has 0 aliphatic heterocycles. The first kappa shape index (κ1) is 22.1. The number of aromatic amines is 1. The van der Waals surface area contributed by atoms with Crippen molar-refractivity contribution in [3.63, 3.8) is 0 Å². The number of aryl methyl sites for hydroxylation is 1. The molecule has 2 atom stereocenters. The summed E-state index contributed by atoms with van der Waals surface area (Å²) in [4.78, 5) is 3.66. The molecule has 0 radical (unpaired) electrons. The molecule has 9 nitrogen and oxygen atoms in total. The second kappa shape index (κ2) is 8.62. The fraction of sp³-hybridized carbons (Fsp3) is 0.333. The van der Waals surface area contributed by atoms with Gasteiger partial charge in [0.25, 0.3) is 0 Å². The molecule has 2 aromatic heterocycles. The molecule has 0 unspecified atom stereocenters. The summed E-state index contributed by atoms with van der Waals surface area (Å²) in [6, 6.07) is 4.59. The van der Waals surface area contributed by atoms with Crippen molar-refractivity contribution in [3.05, 3.63) is 57.8 Å². The Morgan fingerprint density at radius 3 is 2.60 bits per heavy atom. The van der Waals surface area contributed by atoms with Gasteiger partial charge in [-0.2, -0.15) is 9.94 Å². The van der Waals surface area contributed by atoms with E-state index in [-0.39, 0.29) is 21.8 Å². The second-order valence-electron chi connectivity index (χ2n) is 6.70. The van der Waals surface area contributed by atoms with Crippen molar-refractivity contribution in [2.24, 2.45) is 0 Å². The van der Waals surface area contributed by atoms with E-state index in [0.29, 0.717) is 11.1 Å². The van der Waals surface area contributed by atoms with Crippen LogP contribution in [-0.2, 0) is 10.0 Å². The number of hydrogen-bond donors (Lipinski definition) is 2. The Hall–Kier alpha value is -2.63. The molecule has 1 aromatic carbocycles. The van der Waals surface area contributed by atoms with Gasteiger partial charge in [0.15, 0.2) is 5.82 Å². The summed E-state index contributed by atoms with van der Waals surface area (Å²) in [7, 11) is -2.89. The minimum absolute atomic E-state index is 0.0623. The van der Waals surface area contributed by atoms with Crippen molar-refractivity contribution in [3.8, 4) is 5.88 Å². The van der Waals surface area contributed by atoms with Gasteiger partial charge in [-0.05, 0) is 48.7 Å². The summed E-state index contributed by atoms with van der Waals surface area (Å²) in [5.41, 5.74) is 1.94. The van der Waals surface area contributed by atoms with Crippen LogP contribution >= 0.6 is 11.6 Å². The van der Waals surface area contributed by atoms with Crippen LogP contribution < -0.4 is 9.46 Å². The lowest BCUT2D eigenvalue weighted by molar-refractivity contribution is 0.384. The Labute approximate surface area is 178 Å². The highest BCUT2D eigenvalue weighted by molar-refractivity contribution is 7.89. The maximum absolute atomic E-state index is 14.7. The Balaban J connectivity index is 2.08. The van der Waals surface area contributed by atoms with Crippen molar-refractivity contribution in [1.82, 2.24) is 30.3 Å². The van der Waals surface area contributed by atoms with Crippen LogP contribution in [0.1, 0.15) is 41.4 Å². The number of nitrogens with one attached hydrogen (secondary N) is 2. The number of tetrazole rings is 1. The fourth-order valence-corrected chi connectivity index (χ4v) is 4.71. The van der Waals surface area contributed by atoms with E-state index in [1.807, 2.05) is 6.92 Å². The van der Waals surface area contributed by atoms with E-state index in [0.717, 1.165) is 5.56 Å². The molecule has 0 aliphatic rings. The number of nitrogens with zero attached hydrogens (tertiary/aromatic N) is 4. The SMILES string of the molecule is COc1nc(Cl)ccc1S(=O)(=O)N[C@H](c1nn[nH]n1)[C@H](C)c1c(F)ccc(C)c1C. The molecule has 0 bridgehead atoms. The molecule has 0 aliphatic carbocycles. The quantitative estimate of drug-likeness (QED) is 0.526. The third kappa shape index (κ3) is 4.27. The molecule has 0 saturated heterocycles. The standard InChI is InChI=1S/C18H20ClFN6O3S/c1-9-5-6-12(20)15(10(9)2)11(3)16(17-22-25-26-23-17)24-30(27,28)13-7-8-14(19)21-18(13)29-4/h5-8,11,16,24H,1-4H3,(H,22,23,25,26)/t11-,16+/m1/s1. The molecular weight excluding hydrogens is 435 g/mol. The van der Waals surface area contributed by atoms with E-state index in [9.17, 15) is 12.8 Å². The number of methoxy groups -OCH3 is 1. The van der Waals surface area contributed by atoms with Crippen LogP contribution in [0.3, 0.4) is 0 Å². The zero-order valence-electron chi connectivity index (χ0n) is 16.6. The summed E-state index contributed by atoms with van der Waals surface area (Å²) in [5.74, 6) is -1.23. The summed E-state index contributed by atoms with van der Waals surface area (Å²) < 4.78 is 48.6. The molecule has 0 amide bonds. The monoisotopic (exact) mass is 454 g/mol. The second-order valence-corrected chi connectivity index (χ2v) is 8.77. The van der Waals surface area contributed by atoms with Gasteiger partial charge >= 0.3 is 0 Å². The lowest BCUT2D eigenvalue weighted by atomic mass is 9.88. The third-order valence-electron chi connectivity index (χ3n) is 4.88. The predicted octanol–water partition coefficient (Wildman–Crippen LogP) is 2.84. The number of ether oxygens (including phenoxy) is 1. The van der Waals surface area contributed by atoms with Gasteiger partial charge < -0.3 is 4.74 Å². The van der Waals surface area contributed by atoms with Gasteiger partial charge in [-0.25, -0.2) is 17.8 Å². The minimum atomic E-state index is -4.17. The number of halogens is 2. The molecule has 0 fully saturated rings. The van der Waals surface area contributed by atoms with Gasteiger partial charge in [0.1, 0.15) is 15.9 Å². The van der Waals surface area contributed by atoms with Crippen molar-refractivity contribution in [2.45, 2.75) is 37.6 Å². The Morgan fingerprint density at radius 2 is 1.97 bits per heavy atom. The first-order chi connectivity index (χ1) is 14.2. The number of H-pyrrole nitrogens is 1. The Bertz CT molecular complexity index is 1160.